The predicted molar refractivity (Wildman–Crippen MR) is 58.2 cm³/mol. The highest BCUT2D eigenvalue weighted by atomic mass is 16.3. The van der Waals surface area contributed by atoms with E-state index >= 15 is 0 Å². The first-order valence-electron chi connectivity index (χ1n) is 5.31. The Balaban J connectivity index is 2.41. The van der Waals surface area contributed by atoms with Crippen LogP contribution in [0.5, 0.6) is 0 Å². The molecule has 2 nitrogen and oxygen atoms in total. The van der Waals surface area contributed by atoms with E-state index in [-0.39, 0.29) is 6.10 Å². The third kappa shape index (κ3) is 3.46. The zero-order chi connectivity index (χ0) is 10.4. The van der Waals surface area contributed by atoms with Gasteiger partial charge < -0.3 is 5.11 Å². The van der Waals surface area contributed by atoms with Crippen molar-refractivity contribution in [2.45, 2.75) is 45.6 Å². The maximum absolute atomic E-state index is 9.58. The Kier molecular flexibility index (Phi) is 4.60. The first-order chi connectivity index (χ1) is 6.74. The quantitative estimate of drug-likeness (QED) is 0.779. The molecule has 0 amide bonds. The second-order valence-electron chi connectivity index (χ2n) is 3.78. The summed E-state index contributed by atoms with van der Waals surface area (Å²) in [6, 6.07) is 2.02. The van der Waals surface area contributed by atoms with Crippen LogP contribution in [-0.4, -0.2) is 16.2 Å². The van der Waals surface area contributed by atoms with Gasteiger partial charge in [0.05, 0.1) is 6.10 Å². The van der Waals surface area contributed by atoms with Crippen molar-refractivity contribution in [3.05, 3.63) is 29.6 Å². The van der Waals surface area contributed by atoms with Crippen LogP contribution in [-0.2, 0) is 6.42 Å². The van der Waals surface area contributed by atoms with E-state index in [1.807, 2.05) is 12.3 Å². The monoisotopic (exact) mass is 193 g/mol. The fourth-order valence-corrected chi connectivity index (χ4v) is 1.56. The van der Waals surface area contributed by atoms with Crippen LogP contribution < -0.4 is 0 Å². The number of hydrogen-bond donors (Lipinski definition) is 1. The molecule has 1 N–H and O–H groups in total. The summed E-state index contributed by atoms with van der Waals surface area (Å²) in [6.07, 6.45) is 7.28. The molecule has 2 heteroatoms. The molecule has 78 valence electrons. The molecule has 14 heavy (non-hydrogen) atoms. The van der Waals surface area contributed by atoms with Crippen LogP contribution in [0.15, 0.2) is 18.5 Å². The maximum atomic E-state index is 9.58. The Morgan fingerprint density at radius 1 is 1.43 bits per heavy atom. The molecule has 0 saturated heterocycles. The van der Waals surface area contributed by atoms with E-state index in [1.165, 1.54) is 11.1 Å². The average Bonchev–Trinajstić information content (AvgIpc) is 2.17. The summed E-state index contributed by atoms with van der Waals surface area (Å²) >= 11 is 0. The van der Waals surface area contributed by atoms with Gasteiger partial charge in [-0.15, -0.1) is 0 Å². The minimum atomic E-state index is -0.153. The van der Waals surface area contributed by atoms with Crippen molar-refractivity contribution in [1.29, 1.82) is 0 Å². The standard InChI is InChI=1S/C12H19NO/c1-3-4-12(14)6-5-11-9-13-8-7-10(11)2/h7-9,12,14H,3-6H2,1-2H3. The summed E-state index contributed by atoms with van der Waals surface area (Å²) in [7, 11) is 0. The highest BCUT2D eigenvalue weighted by Crippen LogP contribution is 2.11. The first kappa shape index (κ1) is 11.2. The molecule has 0 saturated carbocycles. The molecule has 1 atom stereocenters. The van der Waals surface area contributed by atoms with E-state index < -0.39 is 0 Å². The molecule has 0 aromatic carbocycles. The maximum Gasteiger partial charge on any atom is 0.0543 e. The smallest absolute Gasteiger partial charge is 0.0543 e. The van der Waals surface area contributed by atoms with Crippen molar-refractivity contribution in [1.82, 2.24) is 4.98 Å². The SMILES string of the molecule is CCCC(O)CCc1cnccc1C. The summed E-state index contributed by atoms with van der Waals surface area (Å²) in [5, 5.41) is 9.58. The van der Waals surface area contributed by atoms with Gasteiger partial charge in [-0.2, -0.15) is 0 Å². The topological polar surface area (TPSA) is 33.1 Å². The lowest BCUT2D eigenvalue weighted by Crippen LogP contribution is -2.07. The molecule has 1 aromatic rings. The Morgan fingerprint density at radius 2 is 2.21 bits per heavy atom. The van der Waals surface area contributed by atoms with Gasteiger partial charge in [-0.1, -0.05) is 13.3 Å². The molecule has 1 aromatic heterocycles. The molecule has 0 aliphatic carbocycles. The molecular formula is C12H19NO. The van der Waals surface area contributed by atoms with Crippen molar-refractivity contribution < 1.29 is 5.11 Å². The highest BCUT2D eigenvalue weighted by molar-refractivity contribution is 5.21. The minimum Gasteiger partial charge on any atom is -0.393 e. The van der Waals surface area contributed by atoms with E-state index in [1.54, 1.807) is 6.20 Å². The van der Waals surface area contributed by atoms with Crippen molar-refractivity contribution in [3.63, 3.8) is 0 Å². The summed E-state index contributed by atoms with van der Waals surface area (Å²) < 4.78 is 0. The lowest BCUT2D eigenvalue weighted by Gasteiger charge is -2.09. The van der Waals surface area contributed by atoms with Gasteiger partial charge >= 0.3 is 0 Å². The van der Waals surface area contributed by atoms with Crippen LogP contribution in [0.3, 0.4) is 0 Å². The van der Waals surface area contributed by atoms with Crippen LogP contribution in [0.25, 0.3) is 0 Å². The molecule has 0 bridgehead atoms. The normalized spacial score (nSPS) is 12.8. The third-order valence-corrected chi connectivity index (χ3v) is 2.52. The van der Waals surface area contributed by atoms with E-state index in [0.29, 0.717) is 0 Å². The van der Waals surface area contributed by atoms with Gasteiger partial charge in [-0.05, 0) is 43.4 Å². The van der Waals surface area contributed by atoms with E-state index in [2.05, 4.69) is 18.8 Å². The zero-order valence-electron chi connectivity index (χ0n) is 9.03. The van der Waals surface area contributed by atoms with Crippen molar-refractivity contribution >= 4 is 0 Å². The summed E-state index contributed by atoms with van der Waals surface area (Å²) in [5.41, 5.74) is 2.52. The summed E-state index contributed by atoms with van der Waals surface area (Å²) in [4.78, 5) is 4.09. The summed E-state index contributed by atoms with van der Waals surface area (Å²) in [6.45, 7) is 4.18. The fraction of sp³-hybridized carbons (Fsp3) is 0.583. The van der Waals surface area contributed by atoms with Crippen molar-refractivity contribution in [3.8, 4) is 0 Å². The van der Waals surface area contributed by atoms with Gasteiger partial charge in [0.1, 0.15) is 0 Å². The largest absolute Gasteiger partial charge is 0.393 e. The average molecular weight is 193 g/mol. The number of nitrogens with zero attached hydrogens (tertiary/aromatic N) is 1. The number of aromatic nitrogens is 1. The Morgan fingerprint density at radius 3 is 2.86 bits per heavy atom. The van der Waals surface area contributed by atoms with Crippen LogP contribution in [0.2, 0.25) is 0 Å². The molecule has 0 aliphatic heterocycles. The molecular weight excluding hydrogens is 174 g/mol. The second-order valence-corrected chi connectivity index (χ2v) is 3.78. The second kappa shape index (κ2) is 5.76. The predicted octanol–water partition coefficient (Wildman–Crippen LogP) is 2.48. The Labute approximate surface area is 86.0 Å². The van der Waals surface area contributed by atoms with E-state index in [4.69, 9.17) is 0 Å². The number of aliphatic hydroxyl groups is 1. The van der Waals surface area contributed by atoms with E-state index in [0.717, 1.165) is 25.7 Å². The molecule has 0 radical (unpaired) electrons. The molecule has 1 unspecified atom stereocenters. The lowest BCUT2D eigenvalue weighted by atomic mass is 10.0. The third-order valence-electron chi connectivity index (χ3n) is 2.52. The molecule has 1 rings (SSSR count). The Hall–Kier alpha value is -0.890. The fourth-order valence-electron chi connectivity index (χ4n) is 1.56. The molecule has 1 heterocycles. The van der Waals surface area contributed by atoms with Crippen LogP contribution in [0, 0.1) is 6.92 Å². The van der Waals surface area contributed by atoms with Gasteiger partial charge in [-0.3, -0.25) is 4.98 Å². The van der Waals surface area contributed by atoms with Gasteiger partial charge in [0.15, 0.2) is 0 Å². The van der Waals surface area contributed by atoms with Crippen molar-refractivity contribution in [2.24, 2.45) is 0 Å². The van der Waals surface area contributed by atoms with Gasteiger partial charge in [0.25, 0.3) is 0 Å². The van der Waals surface area contributed by atoms with Crippen LogP contribution in [0.4, 0.5) is 0 Å². The molecule has 0 spiro atoms. The lowest BCUT2D eigenvalue weighted by molar-refractivity contribution is 0.154. The van der Waals surface area contributed by atoms with Crippen LogP contribution >= 0.6 is 0 Å². The first-order valence-corrected chi connectivity index (χ1v) is 5.31. The van der Waals surface area contributed by atoms with Gasteiger partial charge in [0, 0.05) is 12.4 Å². The van der Waals surface area contributed by atoms with Crippen molar-refractivity contribution in [2.75, 3.05) is 0 Å². The number of aryl methyl sites for hydroxylation is 2. The van der Waals surface area contributed by atoms with E-state index in [9.17, 15) is 5.11 Å². The number of rotatable bonds is 5. The number of hydrogen-bond acceptors (Lipinski definition) is 2. The highest BCUT2D eigenvalue weighted by Gasteiger charge is 2.04. The Bertz CT molecular complexity index is 273. The number of aliphatic hydroxyl groups excluding tert-OH is 1. The van der Waals surface area contributed by atoms with Crippen LogP contribution in [0.1, 0.15) is 37.3 Å². The number of pyridine rings is 1. The van der Waals surface area contributed by atoms with Gasteiger partial charge in [0.2, 0.25) is 0 Å². The molecule has 0 fully saturated rings. The zero-order valence-corrected chi connectivity index (χ0v) is 9.03. The molecule has 0 aliphatic rings. The van der Waals surface area contributed by atoms with Gasteiger partial charge in [-0.25, -0.2) is 0 Å². The summed E-state index contributed by atoms with van der Waals surface area (Å²) in [5.74, 6) is 0. The minimum absolute atomic E-state index is 0.153.